The van der Waals surface area contributed by atoms with Crippen LogP contribution >= 0.6 is 0 Å². The van der Waals surface area contributed by atoms with Gasteiger partial charge < -0.3 is 9.84 Å². The molecule has 0 aliphatic carbocycles. The molecule has 1 saturated heterocycles. The Morgan fingerprint density at radius 2 is 2.23 bits per heavy atom. The summed E-state index contributed by atoms with van der Waals surface area (Å²) < 4.78 is 7.24. The lowest BCUT2D eigenvalue weighted by Gasteiger charge is -2.24. The summed E-state index contributed by atoms with van der Waals surface area (Å²) in [5, 5.41) is 17.4. The number of hydrogen-bond acceptors (Lipinski definition) is 4. The second-order valence-electron chi connectivity index (χ2n) is 7.35. The minimum Gasteiger partial charge on any atom is -0.480 e. The third-order valence-electron chi connectivity index (χ3n) is 4.11. The van der Waals surface area contributed by atoms with E-state index < -0.39 is 11.5 Å². The first-order valence-electron chi connectivity index (χ1n) is 7.81. The van der Waals surface area contributed by atoms with Crippen molar-refractivity contribution in [1.29, 1.82) is 0 Å². The SMILES string of the molecule is CC(C)c1nn(C(C)(C)C)cc1CNC1(C(=O)O)CCOC1. The second kappa shape index (κ2) is 6.01. The van der Waals surface area contributed by atoms with Crippen molar-refractivity contribution in [3.8, 4) is 0 Å². The van der Waals surface area contributed by atoms with Gasteiger partial charge >= 0.3 is 5.97 Å². The maximum Gasteiger partial charge on any atom is 0.326 e. The summed E-state index contributed by atoms with van der Waals surface area (Å²) >= 11 is 0. The molecule has 2 rings (SSSR count). The fourth-order valence-corrected chi connectivity index (χ4v) is 2.60. The van der Waals surface area contributed by atoms with Crippen molar-refractivity contribution in [2.75, 3.05) is 13.2 Å². The Kier molecular flexibility index (Phi) is 4.63. The van der Waals surface area contributed by atoms with E-state index in [1.807, 2.05) is 10.9 Å². The number of ether oxygens (including phenoxy) is 1. The largest absolute Gasteiger partial charge is 0.480 e. The summed E-state index contributed by atoms with van der Waals surface area (Å²) in [4.78, 5) is 11.6. The molecule has 1 aliphatic heterocycles. The van der Waals surface area contributed by atoms with Gasteiger partial charge in [-0.25, -0.2) is 0 Å². The number of carbonyl (C=O) groups is 1. The van der Waals surface area contributed by atoms with Crippen LogP contribution in [0.4, 0.5) is 0 Å². The predicted molar refractivity (Wildman–Crippen MR) is 84.0 cm³/mol. The van der Waals surface area contributed by atoms with E-state index in [4.69, 9.17) is 9.84 Å². The maximum atomic E-state index is 11.6. The van der Waals surface area contributed by atoms with Gasteiger partial charge in [0.05, 0.1) is 17.8 Å². The summed E-state index contributed by atoms with van der Waals surface area (Å²) in [5.74, 6) is -0.555. The highest BCUT2D eigenvalue weighted by molar-refractivity contribution is 5.79. The molecular formula is C16H27N3O3. The fourth-order valence-electron chi connectivity index (χ4n) is 2.60. The van der Waals surface area contributed by atoms with Gasteiger partial charge in [-0.15, -0.1) is 0 Å². The van der Waals surface area contributed by atoms with Gasteiger partial charge in [-0.05, 0) is 26.7 Å². The first-order valence-corrected chi connectivity index (χ1v) is 7.81. The van der Waals surface area contributed by atoms with Crippen molar-refractivity contribution in [2.24, 2.45) is 0 Å². The van der Waals surface area contributed by atoms with Crippen LogP contribution in [0.2, 0.25) is 0 Å². The van der Waals surface area contributed by atoms with Gasteiger partial charge in [0, 0.05) is 31.3 Å². The van der Waals surface area contributed by atoms with Gasteiger partial charge in [0.2, 0.25) is 0 Å². The van der Waals surface area contributed by atoms with Crippen LogP contribution in [-0.4, -0.2) is 39.6 Å². The summed E-state index contributed by atoms with van der Waals surface area (Å²) in [6.07, 6.45) is 2.51. The molecule has 1 unspecified atom stereocenters. The summed E-state index contributed by atoms with van der Waals surface area (Å²) in [6.45, 7) is 11.7. The number of carboxylic acids is 1. The highest BCUT2D eigenvalue weighted by atomic mass is 16.5. The quantitative estimate of drug-likeness (QED) is 0.871. The van der Waals surface area contributed by atoms with Gasteiger partial charge in [0.1, 0.15) is 5.54 Å². The van der Waals surface area contributed by atoms with Crippen LogP contribution in [0.15, 0.2) is 6.20 Å². The number of hydrogen-bond donors (Lipinski definition) is 2. The number of aliphatic carboxylic acids is 1. The van der Waals surface area contributed by atoms with Crippen molar-refractivity contribution in [3.05, 3.63) is 17.5 Å². The van der Waals surface area contributed by atoms with Gasteiger partial charge in [0.15, 0.2) is 0 Å². The molecule has 0 radical (unpaired) electrons. The van der Waals surface area contributed by atoms with Gasteiger partial charge in [-0.3, -0.25) is 14.8 Å². The molecule has 0 amide bonds. The van der Waals surface area contributed by atoms with Crippen LogP contribution < -0.4 is 5.32 Å². The summed E-state index contributed by atoms with van der Waals surface area (Å²) in [7, 11) is 0. The van der Waals surface area contributed by atoms with Crippen molar-refractivity contribution in [3.63, 3.8) is 0 Å². The van der Waals surface area contributed by atoms with Crippen molar-refractivity contribution in [2.45, 2.75) is 64.6 Å². The summed E-state index contributed by atoms with van der Waals surface area (Å²) in [6, 6.07) is 0. The molecule has 1 aromatic rings. The molecular weight excluding hydrogens is 282 g/mol. The first-order chi connectivity index (χ1) is 10.2. The molecule has 1 aromatic heterocycles. The molecule has 0 spiro atoms. The lowest BCUT2D eigenvalue weighted by atomic mass is 9.98. The smallest absolute Gasteiger partial charge is 0.326 e. The number of rotatable bonds is 5. The van der Waals surface area contributed by atoms with Crippen LogP contribution in [0.3, 0.4) is 0 Å². The van der Waals surface area contributed by atoms with Crippen LogP contribution in [0, 0.1) is 0 Å². The molecule has 1 atom stereocenters. The maximum absolute atomic E-state index is 11.6. The number of nitrogens with one attached hydrogen (secondary N) is 1. The highest BCUT2D eigenvalue weighted by Crippen LogP contribution is 2.24. The predicted octanol–water partition coefficient (Wildman–Crippen LogP) is 2.09. The molecule has 6 nitrogen and oxygen atoms in total. The fraction of sp³-hybridized carbons (Fsp3) is 0.750. The Morgan fingerprint density at radius 3 is 2.68 bits per heavy atom. The van der Waals surface area contributed by atoms with E-state index in [0.717, 1.165) is 11.3 Å². The van der Waals surface area contributed by atoms with Crippen molar-refractivity contribution < 1.29 is 14.6 Å². The lowest BCUT2D eigenvalue weighted by molar-refractivity contribution is -0.145. The van der Waals surface area contributed by atoms with E-state index in [2.05, 4.69) is 39.9 Å². The average molecular weight is 309 g/mol. The third kappa shape index (κ3) is 3.33. The molecule has 1 aliphatic rings. The van der Waals surface area contributed by atoms with E-state index in [0.29, 0.717) is 25.5 Å². The summed E-state index contributed by atoms with van der Waals surface area (Å²) in [5.41, 5.74) is 1.00. The Hall–Kier alpha value is -1.40. The van der Waals surface area contributed by atoms with Crippen LogP contribution in [-0.2, 0) is 21.6 Å². The van der Waals surface area contributed by atoms with E-state index in [1.54, 1.807) is 0 Å². The van der Waals surface area contributed by atoms with E-state index in [9.17, 15) is 9.90 Å². The normalized spacial score (nSPS) is 22.5. The minimum absolute atomic E-state index is 0.0944. The molecule has 124 valence electrons. The van der Waals surface area contributed by atoms with E-state index >= 15 is 0 Å². The zero-order chi connectivity index (χ0) is 16.5. The number of aromatic nitrogens is 2. The Bertz CT molecular complexity index is 537. The Balaban J connectivity index is 2.21. The third-order valence-corrected chi connectivity index (χ3v) is 4.11. The molecule has 1 fully saturated rings. The van der Waals surface area contributed by atoms with E-state index in [1.165, 1.54) is 0 Å². The molecule has 0 aromatic carbocycles. The van der Waals surface area contributed by atoms with E-state index in [-0.39, 0.29) is 12.1 Å². The second-order valence-corrected chi connectivity index (χ2v) is 7.35. The Labute approximate surface area is 131 Å². The number of nitrogens with zero attached hydrogens (tertiary/aromatic N) is 2. The minimum atomic E-state index is -0.974. The van der Waals surface area contributed by atoms with Gasteiger partial charge in [-0.1, -0.05) is 13.8 Å². The van der Waals surface area contributed by atoms with Crippen LogP contribution in [0.5, 0.6) is 0 Å². The molecule has 2 heterocycles. The molecule has 0 saturated carbocycles. The average Bonchev–Trinajstić information content (AvgIpc) is 3.03. The monoisotopic (exact) mass is 309 g/mol. The lowest BCUT2D eigenvalue weighted by Crippen LogP contribution is -2.52. The topological polar surface area (TPSA) is 76.4 Å². The molecule has 6 heteroatoms. The van der Waals surface area contributed by atoms with Gasteiger partial charge in [-0.2, -0.15) is 5.10 Å². The highest BCUT2D eigenvalue weighted by Gasteiger charge is 2.42. The number of carboxylic acid groups (broad SMARTS) is 1. The molecule has 22 heavy (non-hydrogen) atoms. The van der Waals surface area contributed by atoms with Gasteiger partial charge in [0.25, 0.3) is 0 Å². The zero-order valence-corrected chi connectivity index (χ0v) is 14.1. The zero-order valence-electron chi connectivity index (χ0n) is 14.1. The standard InChI is InChI=1S/C16H27N3O3/c1-11(2)13-12(9-19(18-13)15(3,4)5)8-17-16(14(20)21)6-7-22-10-16/h9,11,17H,6-8,10H2,1-5H3,(H,20,21). The van der Waals surface area contributed by atoms with Crippen LogP contribution in [0.25, 0.3) is 0 Å². The molecule has 0 bridgehead atoms. The van der Waals surface area contributed by atoms with Crippen molar-refractivity contribution in [1.82, 2.24) is 15.1 Å². The van der Waals surface area contributed by atoms with Crippen LogP contribution in [0.1, 0.15) is 58.2 Å². The Morgan fingerprint density at radius 1 is 1.55 bits per heavy atom. The molecule has 2 N–H and O–H groups in total. The first kappa shape index (κ1) is 17.0. The van der Waals surface area contributed by atoms with Crippen molar-refractivity contribution >= 4 is 5.97 Å².